The summed E-state index contributed by atoms with van der Waals surface area (Å²) < 4.78 is 10.9. The molecule has 0 bridgehead atoms. The van der Waals surface area contributed by atoms with Gasteiger partial charge in [-0.2, -0.15) is 0 Å². The Hall–Kier alpha value is -0.810. The third-order valence-electron chi connectivity index (χ3n) is 2.44. The molecule has 1 saturated heterocycles. The molecule has 0 aromatic carbocycles. The maximum absolute atomic E-state index is 11.9. The predicted molar refractivity (Wildman–Crippen MR) is 65.6 cm³/mol. The summed E-state index contributed by atoms with van der Waals surface area (Å²) >= 11 is 0. The molecule has 0 saturated carbocycles. The lowest BCUT2D eigenvalue weighted by atomic mass is 10.1. The van der Waals surface area contributed by atoms with Crippen LogP contribution >= 0.6 is 0 Å². The zero-order chi connectivity index (χ0) is 13.1. The molecule has 2 atom stereocenters. The van der Waals surface area contributed by atoms with Gasteiger partial charge in [0.15, 0.2) is 0 Å². The highest BCUT2D eigenvalue weighted by Gasteiger charge is 2.28. The van der Waals surface area contributed by atoms with Crippen molar-refractivity contribution in [2.75, 3.05) is 13.1 Å². The first-order chi connectivity index (χ1) is 7.78. The fourth-order valence-corrected chi connectivity index (χ4v) is 1.85. The third kappa shape index (κ3) is 5.37. The van der Waals surface area contributed by atoms with Gasteiger partial charge in [0.25, 0.3) is 0 Å². The van der Waals surface area contributed by atoms with Crippen molar-refractivity contribution in [2.24, 2.45) is 5.73 Å². The molecule has 0 spiro atoms. The van der Waals surface area contributed by atoms with Gasteiger partial charge in [0.05, 0.1) is 12.6 Å². The number of amides is 1. The number of ether oxygens (including phenoxy) is 2. The van der Waals surface area contributed by atoms with Gasteiger partial charge in [0, 0.05) is 6.54 Å². The summed E-state index contributed by atoms with van der Waals surface area (Å²) in [7, 11) is 0. The SMILES string of the molecule is CC(N)OC1CCCN(C(=O)OC(C)(C)C)C1. The van der Waals surface area contributed by atoms with Gasteiger partial charge in [-0.3, -0.25) is 0 Å². The normalized spacial score (nSPS) is 23.4. The van der Waals surface area contributed by atoms with E-state index in [4.69, 9.17) is 15.2 Å². The van der Waals surface area contributed by atoms with Crippen LogP contribution in [0.5, 0.6) is 0 Å². The van der Waals surface area contributed by atoms with Crippen molar-refractivity contribution < 1.29 is 14.3 Å². The Morgan fingerprint density at radius 1 is 1.47 bits per heavy atom. The van der Waals surface area contributed by atoms with Crippen LogP contribution in [-0.2, 0) is 9.47 Å². The lowest BCUT2D eigenvalue weighted by Gasteiger charge is -2.34. The maximum Gasteiger partial charge on any atom is 0.410 e. The van der Waals surface area contributed by atoms with E-state index in [0.29, 0.717) is 6.54 Å². The Morgan fingerprint density at radius 3 is 2.65 bits per heavy atom. The minimum atomic E-state index is -0.452. The molecule has 100 valence electrons. The maximum atomic E-state index is 11.9. The number of nitrogens with zero attached hydrogens (tertiary/aromatic N) is 1. The summed E-state index contributed by atoms with van der Waals surface area (Å²) in [6.45, 7) is 8.69. The van der Waals surface area contributed by atoms with Crippen LogP contribution < -0.4 is 5.73 Å². The Kier molecular flexibility index (Phi) is 4.77. The minimum absolute atomic E-state index is 0.0243. The van der Waals surface area contributed by atoms with Crippen molar-refractivity contribution in [3.63, 3.8) is 0 Å². The van der Waals surface area contributed by atoms with Crippen LogP contribution in [0, 0.1) is 0 Å². The van der Waals surface area contributed by atoms with Crippen molar-refractivity contribution in [1.82, 2.24) is 4.90 Å². The molecule has 2 N–H and O–H groups in total. The van der Waals surface area contributed by atoms with Gasteiger partial charge < -0.3 is 20.1 Å². The number of carbonyl (C=O) groups is 1. The van der Waals surface area contributed by atoms with Crippen LogP contribution in [-0.4, -0.2) is 42.0 Å². The second kappa shape index (κ2) is 5.69. The summed E-state index contributed by atoms with van der Waals surface area (Å²) in [6, 6.07) is 0. The number of hydrogen-bond acceptors (Lipinski definition) is 4. The van der Waals surface area contributed by atoms with Crippen molar-refractivity contribution in [2.45, 2.75) is 58.5 Å². The van der Waals surface area contributed by atoms with Gasteiger partial charge in [-0.05, 0) is 40.5 Å². The van der Waals surface area contributed by atoms with Crippen LogP contribution in [0.1, 0.15) is 40.5 Å². The van der Waals surface area contributed by atoms with Crippen LogP contribution in [0.4, 0.5) is 4.79 Å². The topological polar surface area (TPSA) is 64.8 Å². The highest BCUT2D eigenvalue weighted by Crippen LogP contribution is 2.17. The minimum Gasteiger partial charge on any atom is -0.444 e. The molecular weight excluding hydrogens is 220 g/mol. The Labute approximate surface area is 103 Å². The molecule has 1 heterocycles. The van der Waals surface area contributed by atoms with E-state index in [0.717, 1.165) is 19.4 Å². The zero-order valence-corrected chi connectivity index (χ0v) is 11.2. The Morgan fingerprint density at radius 2 is 2.12 bits per heavy atom. The monoisotopic (exact) mass is 244 g/mol. The molecular formula is C12H24N2O3. The summed E-state index contributed by atoms with van der Waals surface area (Å²) in [5.41, 5.74) is 5.14. The second-order valence-electron chi connectivity index (χ2n) is 5.53. The number of hydrogen-bond donors (Lipinski definition) is 1. The molecule has 5 heteroatoms. The van der Waals surface area contributed by atoms with Crippen LogP contribution in [0.2, 0.25) is 0 Å². The van der Waals surface area contributed by atoms with Crippen LogP contribution in [0.3, 0.4) is 0 Å². The van der Waals surface area contributed by atoms with E-state index in [1.165, 1.54) is 0 Å². The highest BCUT2D eigenvalue weighted by atomic mass is 16.6. The molecule has 0 aliphatic carbocycles. The van der Waals surface area contributed by atoms with E-state index in [9.17, 15) is 4.79 Å². The zero-order valence-electron chi connectivity index (χ0n) is 11.2. The molecule has 0 radical (unpaired) electrons. The lowest BCUT2D eigenvalue weighted by molar-refractivity contribution is -0.0452. The molecule has 1 amide bonds. The first-order valence-electron chi connectivity index (χ1n) is 6.17. The van der Waals surface area contributed by atoms with Gasteiger partial charge in [-0.1, -0.05) is 0 Å². The molecule has 1 aliphatic rings. The van der Waals surface area contributed by atoms with Crippen molar-refractivity contribution >= 4 is 6.09 Å². The largest absolute Gasteiger partial charge is 0.444 e. The Bertz CT molecular complexity index is 261. The summed E-state index contributed by atoms with van der Waals surface area (Å²) in [5, 5.41) is 0. The predicted octanol–water partition coefficient (Wildman–Crippen LogP) is 1.71. The number of likely N-dealkylation sites (tertiary alicyclic amines) is 1. The van der Waals surface area contributed by atoms with Gasteiger partial charge >= 0.3 is 6.09 Å². The second-order valence-corrected chi connectivity index (χ2v) is 5.53. The number of piperidine rings is 1. The smallest absolute Gasteiger partial charge is 0.410 e. The average Bonchev–Trinajstić information content (AvgIpc) is 2.14. The molecule has 1 rings (SSSR count). The standard InChI is InChI=1S/C12H24N2O3/c1-9(13)16-10-6-5-7-14(8-10)11(15)17-12(2,3)4/h9-10H,5-8,13H2,1-4H3. The van der Waals surface area contributed by atoms with Gasteiger partial charge in [-0.25, -0.2) is 4.79 Å². The third-order valence-corrected chi connectivity index (χ3v) is 2.44. The molecule has 2 unspecified atom stereocenters. The van der Waals surface area contributed by atoms with E-state index in [-0.39, 0.29) is 18.4 Å². The Balaban J connectivity index is 2.46. The molecule has 0 aromatic rings. The average molecular weight is 244 g/mol. The van der Waals surface area contributed by atoms with E-state index < -0.39 is 5.60 Å². The quantitative estimate of drug-likeness (QED) is 0.751. The van der Waals surface area contributed by atoms with Crippen molar-refractivity contribution in [3.8, 4) is 0 Å². The van der Waals surface area contributed by atoms with Gasteiger partial charge in [0.1, 0.15) is 11.8 Å². The fourth-order valence-electron chi connectivity index (χ4n) is 1.85. The van der Waals surface area contributed by atoms with E-state index in [2.05, 4.69) is 0 Å². The summed E-state index contributed by atoms with van der Waals surface area (Å²) in [4.78, 5) is 13.6. The van der Waals surface area contributed by atoms with Crippen LogP contribution in [0.25, 0.3) is 0 Å². The van der Waals surface area contributed by atoms with Crippen molar-refractivity contribution in [1.29, 1.82) is 0 Å². The molecule has 0 aromatic heterocycles. The van der Waals surface area contributed by atoms with Gasteiger partial charge in [0.2, 0.25) is 0 Å². The van der Waals surface area contributed by atoms with E-state index in [1.807, 2.05) is 20.8 Å². The van der Waals surface area contributed by atoms with Crippen LogP contribution in [0.15, 0.2) is 0 Å². The highest BCUT2D eigenvalue weighted by molar-refractivity contribution is 5.68. The number of rotatable bonds is 2. The molecule has 5 nitrogen and oxygen atoms in total. The van der Waals surface area contributed by atoms with E-state index >= 15 is 0 Å². The fraction of sp³-hybridized carbons (Fsp3) is 0.917. The molecule has 1 aliphatic heterocycles. The van der Waals surface area contributed by atoms with E-state index in [1.54, 1.807) is 11.8 Å². The first kappa shape index (κ1) is 14.3. The number of carbonyl (C=O) groups excluding carboxylic acids is 1. The summed E-state index contributed by atoms with van der Waals surface area (Å²) in [5.74, 6) is 0. The molecule has 1 fully saturated rings. The molecule has 17 heavy (non-hydrogen) atoms. The lowest BCUT2D eigenvalue weighted by Crippen LogP contribution is -2.46. The summed E-state index contributed by atoms with van der Waals surface area (Å²) in [6.07, 6.45) is 1.34. The van der Waals surface area contributed by atoms with Crippen molar-refractivity contribution in [3.05, 3.63) is 0 Å². The number of nitrogens with two attached hydrogens (primary N) is 1. The van der Waals surface area contributed by atoms with Gasteiger partial charge in [-0.15, -0.1) is 0 Å². The first-order valence-corrected chi connectivity index (χ1v) is 6.17.